The number of esters is 1. The average Bonchev–Trinajstić information content (AvgIpc) is 2.22. The summed E-state index contributed by atoms with van der Waals surface area (Å²) in [5, 5.41) is 0.375. The lowest BCUT2D eigenvalue weighted by Gasteiger charge is -2.04. The molecule has 0 amide bonds. The average molecular weight is 246 g/mol. The maximum Gasteiger partial charge on any atom is 0.340 e. The Morgan fingerprint density at radius 2 is 2.00 bits per heavy atom. The second-order valence-corrected chi connectivity index (χ2v) is 3.29. The molecule has 6 heteroatoms. The number of carbonyl (C=O) groups is 1. The molecule has 0 fully saturated rings. The number of halogens is 2. The molecule has 0 bridgehead atoms. The molecule has 0 aromatic heterocycles. The minimum atomic E-state index is -0.650. The van der Waals surface area contributed by atoms with Crippen LogP contribution in [0.3, 0.4) is 0 Å². The van der Waals surface area contributed by atoms with Crippen molar-refractivity contribution >= 4 is 40.9 Å². The number of ether oxygens (including phenoxy) is 1. The van der Waals surface area contributed by atoms with Gasteiger partial charge in [0.1, 0.15) is 0 Å². The molecule has 0 aliphatic rings. The van der Waals surface area contributed by atoms with Crippen molar-refractivity contribution in [3.8, 4) is 0 Å². The highest BCUT2D eigenvalue weighted by atomic mass is 35.5. The van der Waals surface area contributed by atoms with Gasteiger partial charge in [-0.25, -0.2) is 9.59 Å². The Morgan fingerprint density at radius 1 is 1.40 bits per heavy atom. The van der Waals surface area contributed by atoms with Gasteiger partial charge >= 0.3 is 5.97 Å². The third kappa shape index (κ3) is 2.57. The fraction of sp³-hybridized carbons (Fsp3) is 0.111. The van der Waals surface area contributed by atoms with Crippen LogP contribution in [0.25, 0.3) is 0 Å². The Balaban J connectivity index is 3.40. The van der Waals surface area contributed by atoms with E-state index in [1.54, 1.807) is 0 Å². The van der Waals surface area contributed by atoms with Crippen LogP contribution < -0.4 is 0 Å². The largest absolute Gasteiger partial charge is 0.465 e. The van der Waals surface area contributed by atoms with E-state index in [2.05, 4.69) is 9.73 Å². The number of carbonyl (C=O) groups excluding carboxylic acids is 2. The molecule has 1 rings (SSSR count). The molecule has 0 aliphatic heterocycles. The summed E-state index contributed by atoms with van der Waals surface area (Å²) in [7, 11) is 1.21. The number of hydrogen-bond acceptors (Lipinski definition) is 4. The van der Waals surface area contributed by atoms with E-state index in [0.29, 0.717) is 0 Å². The summed E-state index contributed by atoms with van der Waals surface area (Å²) in [4.78, 5) is 24.7. The zero-order valence-corrected chi connectivity index (χ0v) is 9.09. The maximum atomic E-state index is 11.3. The standard InChI is InChI=1S/C9H5Cl2NO3/c1-15-9(14)5-2-6(10)7(11)3-8(5)12-4-13/h2-3H,1H3. The molecule has 78 valence electrons. The van der Waals surface area contributed by atoms with Gasteiger partial charge in [-0.2, -0.15) is 4.99 Å². The summed E-state index contributed by atoms with van der Waals surface area (Å²) in [5.74, 6) is -0.650. The Labute approximate surface area is 95.5 Å². The predicted molar refractivity (Wildman–Crippen MR) is 55.6 cm³/mol. The number of aliphatic imine (C=N–C) groups is 1. The van der Waals surface area contributed by atoms with E-state index in [-0.39, 0.29) is 21.3 Å². The van der Waals surface area contributed by atoms with E-state index < -0.39 is 5.97 Å². The molecule has 15 heavy (non-hydrogen) atoms. The number of nitrogens with zero attached hydrogens (tertiary/aromatic N) is 1. The molecule has 0 spiro atoms. The summed E-state index contributed by atoms with van der Waals surface area (Å²) in [5.41, 5.74) is 0.140. The van der Waals surface area contributed by atoms with Gasteiger partial charge in [-0.3, -0.25) is 0 Å². The molecule has 0 saturated heterocycles. The number of isocyanates is 1. The molecule has 0 unspecified atom stereocenters. The van der Waals surface area contributed by atoms with Crippen molar-refractivity contribution in [1.29, 1.82) is 0 Å². The molecule has 1 aromatic rings. The Kier molecular flexibility index (Phi) is 3.86. The van der Waals surface area contributed by atoms with Crippen molar-refractivity contribution in [3.63, 3.8) is 0 Å². The van der Waals surface area contributed by atoms with Gasteiger partial charge in [-0.15, -0.1) is 0 Å². The molecule has 4 nitrogen and oxygen atoms in total. The first-order chi connectivity index (χ1) is 7.10. The van der Waals surface area contributed by atoms with Gasteiger partial charge in [0, 0.05) is 0 Å². The summed E-state index contributed by atoms with van der Waals surface area (Å²) >= 11 is 11.4. The Morgan fingerprint density at radius 3 is 2.53 bits per heavy atom. The molecular weight excluding hydrogens is 241 g/mol. The van der Waals surface area contributed by atoms with Crippen molar-refractivity contribution in [2.45, 2.75) is 0 Å². The highest BCUT2D eigenvalue weighted by Gasteiger charge is 2.14. The van der Waals surface area contributed by atoms with Crippen LogP contribution in [0.15, 0.2) is 17.1 Å². The zero-order chi connectivity index (χ0) is 11.4. The number of benzene rings is 1. The molecular formula is C9H5Cl2NO3. The zero-order valence-electron chi connectivity index (χ0n) is 7.58. The lowest BCUT2D eigenvalue weighted by atomic mass is 10.2. The van der Waals surface area contributed by atoms with Gasteiger partial charge < -0.3 is 4.74 Å². The van der Waals surface area contributed by atoms with Gasteiger partial charge in [-0.05, 0) is 12.1 Å². The first-order valence-electron chi connectivity index (χ1n) is 3.75. The van der Waals surface area contributed by atoms with Gasteiger partial charge in [0.05, 0.1) is 28.4 Å². The molecule has 0 heterocycles. The van der Waals surface area contributed by atoms with Crippen LogP contribution in [0.4, 0.5) is 5.69 Å². The van der Waals surface area contributed by atoms with Crippen molar-refractivity contribution in [3.05, 3.63) is 27.7 Å². The maximum absolute atomic E-state index is 11.3. The van der Waals surface area contributed by atoms with Crippen molar-refractivity contribution in [2.75, 3.05) is 7.11 Å². The predicted octanol–water partition coefficient (Wildman–Crippen LogP) is 2.75. The highest BCUT2D eigenvalue weighted by molar-refractivity contribution is 6.42. The topological polar surface area (TPSA) is 55.7 Å². The van der Waals surface area contributed by atoms with Crippen LogP contribution in [0.5, 0.6) is 0 Å². The lowest BCUT2D eigenvalue weighted by molar-refractivity contribution is 0.0602. The first-order valence-corrected chi connectivity index (χ1v) is 4.51. The van der Waals surface area contributed by atoms with E-state index >= 15 is 0 Å². The van der Waals surface area contributed by atoms with E-state index in [9.17, 15) is 9.59 Å². The molecule has 1 aromatic carbocycles. The fourth-order valence-electron chi connectivity index (χ4n) is 0.951. The molecule has 0 radical (unpaired) electrons. The minimum absolute atomic E-state index is 0.0650. The quantitative estimate of drug-likeness (QED) is 0.458. The highest BCUT2D eigenvalue weighted by Crippen LogP contribution is 2.30. The Hall–Kier alpha value is -1.35. The monoisotopic (exact) mass is 245 g/mol. The third-order valence-corrected chi connectivity index (χ3v) is 2.33. The van der Waals surface area contributed by atoms with Crippen LogP contribution in [0.1, 0.15) is 10.4 Å². The van der Waals surface area contributed by atoms with Crippen LogP contribution in [0.2, 0.25) is 10.0 Å². The Bertz CT molecular complexity index is 453. The van der Waals surface area contributed by atoms with Crippen molar-refractivity contribution in [2.24, 2.45) is 4.99 Å². The van der Waals surface area contributed by atoms with Crippen LogP contribution in [-0.4, -0.2) is 19.2 Å². The normalized spacial score (nSPS) is 9.27. The smallest absolute Gasteiger partial charge is 0.340 e. The van der Waals surface area contributed by atoms with Gasteiger partial charge in [0.25, 0.3) is 0 Å². The molecule has 0 N–H and O–H groups in total. The SMILES string of the molecule is COC(=O)c1cc(Cl)c(Cl)cc1N=C=O. The molecule has 0 saturated carbocycles. The van der Waals surface area contributed by atoms with Crippen LogP contribution >= 0.6 is 23.2 Å². The van der Waals surface area contributed by atoms with Gasteiger partial charge in [-0.1, -0.05) is 23.2 Å². The fourth-order valence-corrected chi connectivity index (χ4v) is 1.27. The summed E-state index contributed by atoms with van der Waals surface area (Å²) in [6, 6.07) is 2.58. The molecule has 0 atom stereocenters. The second-order valence-electron chi connectivity index (χ2n) is 2.48. The van der Waals surface area contributed by atoms with E-state index in [1.165, 1.54) is 25.3 Å². The minimum Gasteiger partial charge on any atom is -0.465 e. The van der Waals surface area contributed by atoms with Crippen LogP contribution in [0, 0.1) is 0 Å². The lowest BCUT2D eigenvalue weighted by Crippen LogP contribution is -2.01. The molecule has 0 aliphatic carbocycles. The van der Waals surface area contributed by atoms with E-state index in [0.717, 1.165) is 0 Å². The third-order valence-electron chi connectivity index (χ3n) is 1.61. The second kappa shape index (κ2) is 4.94. The van der Waals surface area contributed by atoms with Crippen molar-refractivity contribution < 1.29 is 14.3 Å². The number of rotatable bonds is 2. The summed E-state index contributed by atoms with van der Waals surface area (Å²) in [6.45, 7) is 0. The number of methoxy groups -OCH3 is 1. The van der Waals surface area contributed by atoms with E-state index in [1.807, 2.05) is 0 Å². The van der Waals surface area contributed by atoms with Crippen LogP contribution in [-0.2, 0) is 9.53 Å². The summed E-state index contributed by atoms with van der Waals surface area (Å²) < 4.78 is 4.49. The van der Waals surface area contributed by atoms with Gasteiger partial charge in [0.2, 0.25) is 6.08 Å². The number of hydrogen-bond donors (Lipinski definition) is 0. The van der Waals surface area contributed by atoms with E-state index in [4.69, 9.17) is 23.2 Å². The van der Waals surface area contributed by atoms with Crippen molar-refractivity contribution in [1.82, 2.24) is 0 Å². The van der Waals surface area contributed by atoms with Gasteiger partial charge in [0.15, 0.2) is 0 Å². The summed E-state index contributed by atoms with van der Waals surface area (Å²) in [6.07, 6.45) is 1.32. The first kappa shape index (κ1) is 11.7.